The normalized spacial score (nSPS) is 11.3. The molecule has 5 aromatic rings. The molecule has 0 spiro atoms. The van der Waals surface area contributed by atoms with Crippen LogP contribution in [0.25, 0.3) is 21.0 Å². The first kappa shape index (κ1) is 22.0. The van der Waals surface area contributed by atoms with Gasteiger partial charge in [-0.25, -0.2) is 9.67 Å². The van der Waals surface area contributed by atoms with E-state index in [4.69, 9.17) is 4.98 Å². The van der Waals surface area contributed by atoms with Crippen LogP contribution in [-0.4, -0.2) is 20.7 Å². The van der Waals surface area contributed by atoms with E-state index in [1.54, 1.807) is 11.0 Å². The lowest BCUT2D eigenvalue weighted by molar-refractivity contribution is -0.119. The Hall–Kier alpha value is -3.84. The molecule has 2 heterocycles. The summed E-state index contributed by atoms with van der Waals surface area (Å²) >= 11 is 1.49. The van der Waals surface area contributed by atoms with Crippen molar-refractivity contribution in [3.63, 3.8) is 0 Å². The van der Waals surface area contributed by atoms with Gasteiger partial charge in [0.2, 0.25) is 0 Å². The first-order chi connectivity index (χ1) is 16.4. The van der Waals surface area contributed by atoms with Crippen molar-refractivity contribution in [3.05, 3.63) is 99.5 Å². The Morgan fingerprint density at radius 3 is 2.44 bits per heavy atom. The summed E-state index contributed by atoms with van der Waals surface area (Å²) in [6.45, 7) is 6.13. The maximum atomic E-state index is 13.6. The van der Waals surface area contributed by atoms with E-state index in [9.17, 15) is 9.59 Å². The van der Waals surface area contributed by atoms with Gasteiger partial charge in [0.05, 0.1) is 27.8 Å². The third kappa shape index (κ3) is 4.10. The Kier molecular flexibility index (Phi) is 5.71. The molecule has 2 aromatic heterocycles. The van der Waals surface area contributed by atoms with Crippen molar-refractivity contribution >= 4 is 43.4 Å². The topological polar surface area (TPSA) is 68.1 Å². The molecule has 0 saturated carbocycles. The van der Waals surface area contributed by atoms with Crippen molar-refractivity contribution in [2.75, 3.05) is 4.90 Å². The molecule has 0 atom stereocenters. The highest BCUT2D eigenvalue weighted by Crippen LogP contribution is 2.32. The van der Waals surface area contributed by atoms with Crippen LogP contribution in [-0.2, 0) is 17.9 Å². The van der Waals surface area contributed by atoms with Gasteiger partial charge in [0.25, 0.3) is 11.5 Å². The number of amides is 1. The van der Waals surface area contributed by atoms with Crippen LogP contribution < -0.4 is 10.5 Å². The molecular formula is C27H24N4O2S. The summed E-state index contributed by atoms with van der Waals surface area (Å²) in [5, 5.41) is 6.41. The average Bonchev–Trinajstić information content (AvgIpc) is 3.25. The van der Waals surface area contributed by atoms with Crippen LogP contribution in [0.1, 0.15) is 22.4 Å². The fraction of sp³-hybridized carbons (Fsp3) is 0.185. The fourth-order valence-corrected chi connectivity index (χ4v) is 5.39. The molecule has 0 N–H and O–H groups in total. The number of thiazole rings is 1. The van der Waals surface area contributed by atoms with E-state index in [0.717, 1.165) is 32.3 Å². The number of hydrogen-bond acceptors (Lipinski definition) is 5. The van der Waals surface area contributed by atoms with Gasteiger partial charge in [-0.2, -0.15) is 5.10 Å². The van der Waals surface area contributed by atoms with E-state index in [1.165, 1.54) is 16.0 Å². The minimum absolute atomic E-state index is 0.161. The largest absolute Gasteiger partial charge is 0.282 e. The molecule has 0 fully saturated rings. The van der Waals surface area contributed by atoms with E-state index in [0.29, 0.717) is 22.8 Å². The number of aryl methyl sites for hydroxylation is 3. The zero-order chi connectivity index (χ0) is 23.8. The Morgan fingerprint density at radius 1 is 0.971 bits per heavy atom. The summed E-state index contributed by atoms with van der Waals surface area (Å²) in [7, 11) is 0. The zero-order valence-electron chi connectivity index (χ0n) is 19.3. The van der Waals surface area contributed by atoms with Crippen molar-refractivity contribution in [2.45, 2.75) is 33.9 Å². The molecule has 0 aliphatic heterocycles. The number of anilines is 1. The second-order valence-electron chi connectivity index (χ2n) is 8.48. The molecule has 0 aliphatic rings. The van der Waals surface area contributed by atoms with Gasteiger partial charge >= 0.3 is 0 Å². The second kappa shape index (κ2) is 8.83. The van der Waals surface area contributed by atoms with Gasteiger partial charge in [-0.15, -0.1) is 0 Å². The molecule has 0 radical (unpaired) electrons. The molecule has 5 rings (SSSR count). The van der Waals surface area contributed by atoms with Gasteiger partial charge in [0.1, 0.15) is 6.54 Å². The van der Waals surface area contributed by atoms with Crippen molar-refractivity contribution < 1.29 is 4.79 Å². The van der Waals surface area contributed by atoms with Gasteiger partial charge in [0, 0.05) is 5.39 Å². The van der Waals surface area contributed by atoms with Crippen LogP contribution in [0.3, 0.4) is 0 Å². The predicted octanol–water partition coefficient (Wildman–Crippen LogP) is 5.16. The van der Waals surface area contributed by atoms with Gasteiger partial charge in [-0.05, 0) is 49.6 Å². The number of rotatable bonds is 5. The first-order valence-corrected chi connectivity index (χ1v) is 11.9. The van der Waals surface area contributed by atoms with Crippen molar-refractivity contribution in [3.8, 4) is 0 Å². The monoisotopic (exact) mass is 468 g/mol. The molecule has 0 bridgehead atoms. The number of carbonyl (C=O) groups excluding carboxylic acids is 1. The van der Waals surface area contributed by atoms with E-state index in [2.05, 4.69) is 24.2 Å². The number of aromatic nitrogens is 3. The molecule has 7 heteroatoms. The summed E-state index contributed by atoms with van der Waals surface area (Å²) in [6.07, 6.45) is 0. The van der Waals surface area contributed by atoms with Crippen LogP contribution in [0, 0.1) is 20.8 Å². The molecular weight excluding hydrogens is 444 g/mol. The number of hydrogen-bond donors (Lipinski definition) is 0. The molecule has 1 amide bonds. The Morgan fingerprint density at radius 2 is 1.68 bits per heavy atom. The molecule has 34 heavy (non-hydrogen) atoms. The van der Waals surface area contributed by atoms with E-state index < -0.39 is 0 Å². The predicted molar refractivity (Wildman–Crippen MR) is 137 cm³/mol. The molecule has 0 saturated heterocycles. The van der Waals surface area contributed by atoms with Gasteiger partial charge in [0.15, 0.2) is 5.13 Å². The SMILES string of the molecule is Cc1cc(C)c2nc(N(Cc3ccccc3)C(=O)Cn3nc(C)c4ccccc4c3=O)sc2c1. The second-order valence-corrected chi connectivity index (χ2v) is 9.49. The summed E-state index contributed by atoms with van der Waals surface area (Å²) in [5.41, 5.74) is 4.55. The third-order valence-corrected chi connectivity index (χ3v) is 6.90. The smallest absolute Gasteiger partial charge is 0.275 e. The standard InChI is InChI=1S/C27H24N4O2S/c1-17-13-18(2)25-23(14-17)34-27(28-25)30(15-20-9-5-4-6-10-20)24(32)16-31-26(33)22-12-8-7-11-21(22)19(3)29-31/h4-14H,15-16H2,1-3H3. The minimum atomic E-state index is -0.273. The molecule has 3 aromatic carbocycles. The van der Waals surface area contributed by atoms with Crippen molar-refractivity contribution in [1.82, 2.24) is 14.8 Å². The lowest BCUT2D eigenvalue weighted by atomic mass is 10.1. The zero-order valence-corrected chi connectivity index (χ0v) is 20.1. The molecule has 0 aliphatic carbocycles. The van der Waals surface area contributed by atoms with Crippen LogP contribution >= 0.6 is 11.3 Å². The van der Waals surface area contributed by atoms with Gasteiger partial charge < -0.3 is 0 Å². The third-order valence-electron chi connectivity index (χ3n) is 5.87. The summed E-state index contributed by atoms with van der Waals surface area (Å²) in [5.74, 6) is -0.235. The molecule has 6 nitrogen and oxygen atoms in total. The first-order valence-electron chi connectivity index (χ1n) is 11.1. The molecule has 170 valence electrons. The highest BCUT2D eigenvalue weighted by molar-refractivity contribution is 7.22. The highest BCUT2D eigenvalue weighted by Gasteiger charge is 2.22. The summed E-state index contributed by atoms with van der Waals surface area (Å²) in [6, 6.07) is 21.3. The summed E-state index contributed by atoms with van der Waals surface area (Å²) < 4.78 is 2.30. The lowest BCUT2D eigenvalue weighted by Crippen LogP contribution is -2.37. The fourth-order valence-electron chi connectivity index (χ4n) is 4.23. The van der Waals surface area contributed by atoms with Crippen LogP contribution in [0.15, 0.2) is 71.5 Å². The van der Waals surface area contributed by atoms with Crippen LogP contribution in [0.5, 0.6) is 0 Å². The number of nitrogens with zero attached hydrogens (tertiary/aromatic N) is 4. The number of carbonyl (C=O) groups is 1. The Bertz CT molecular complexity index is 1590. The molecule has 0 unspecified atom stereocenters. The van der Waals surface area contributed by atoms with Crippen molar-refractivity contribution in [1.29, 1.82) is 0 Å². The van der Waals surface area contributed by atoms with Crippen LogP contribution in [0.2, 0.25) is 0 Å². The highest BCUT2D eigenvalue weighted by atomic mass is 32.1. The van der Waals surface area contributed by atoms with Crippen molar-refractivity contribution in [2.24, 2.45) is 0 Å². The van der Waals surface area contributed by atoms with Gasteiger partial charge in [-0.1, -0.05) is 65.9 Å². The van der Waals surface area contributed by atoms with E-state index in [1.807, 2.05) is 62.4 Å². The maximum Gasteiger partial charge on any atom is 0.275 e. The number of benzene rings is 3. The van der Waals surface area contributed by atoms with Crippen LogP contribution in [0.4, 0.5) is 5.13 Å². The minimum Gasteiger partial charge on any atom is -0.282 e. The van der Waals surface area contributed by atoms with E-state index >= 15 is 0 Å². The lowest BCUT2D eigenvalue weighted by Gasteiger charge is -2.20. The quantitative estimate of drug-likeness (QED) is 0.357. The van der Waals surface area contributed by atoms with Gasteiger partial charge in [-0.3, -0.25) is 14.5 Å². The Balaban J connectivity index is 1.56. The average molecular weight is 469 g/mol. The Labute approximate surface area is 201 Å². The van der Waals surface area contributed by atoms with E-state index in [-0.39, 0.29) is 18.0 Å². The number of fused-ring (bicyclic) bond motifs is 2. The maximum absolute atomic E-state index is 13.6. The summed E-state index contributed by atoms with van der Waals surface area (Å²) in [4.78, 5) is 33.2.